The van der Waals surface area contributed by atoms with Crippen LogP contribution in [0.3, 0.4) is 0 Å². The van der Waals surface area contributed by atoms with Crippen LogP contribution in [0.15, 0.2) is 0 Å². The second-order valence-corrected chi connectivity index (χ2v) is 8.48. The van der Waals surface area contributed by atoms with Gasteiger partial charge in [0.15, 0.2) is 0 Å². The van der Waals surface area contributed by atoms with E-state index in [0.29, 0.717) is 19.5 Å². The summed E-state index contributed by atoms with van der Waals surface area (Å²) >= 11 is 0. The third-order valence-corrected chi connectivity index (χ3v) is 5.21. The summed E-state index contributed by atoms with van der Waals surface area (Å²) in [5.41, 5.74) is -0.620. The van der Waals surface area contributed by atoms with E-state index in [1.807, 2.05) is 4.90 Å². The Bertz CT molecular complexity index is 662. The van der Waals surface area contributed by atoms with Gasteiger partial charge in [0.25, 0.3) is 0 Å². The van der Waals surface area contributed by atoms with E-state index in [1.54, 1.807) is 39.5 Å². The molecule has 0 radical (unpaired) electrons. The number of nitrogens with zero attached hydrogens (tertiary/aromatic N) is 3. The minimum Gasteiger partial charge on any atom is -0.467 e. The molecule has 2 aliphatic rings. The second kappa shape index (κ2) is 8.98. The summed E-state index contributed by atoms with van der Waals surface area (Å²) in [5.74, 6) is -1.17. The molecule has 164 valence electrons. The summed E-state index contributed by atoms with van der Waals surface area (Å²) in [5, 5.41) is 2.63. The Kier molecular flexibility index (Phi) is 7.10. The van der Waals surface area contributed by atoms with Crippen LogP contribution in [0.2, 0.25) is 0 Å². The van der Waals surface area contributed by atoms with Crippen LogP contribution in [0.1, 0.15) is 41.0 Å². The fourth-order valence-corrected chi connectivity index (χ4v) is 3.57. The van der Waals surface area contributed by atoms with Gasteiger partial charge in [-0.1, -0.05) is 0 Å². The number of esters is 1. The highest BCUT2D eigenvalue weighted by Crippen LogP contribution is 2.23. The molecule has 1 N–H and O–H groups in total. The van der Waals surface area contributed by atoms with Gasteiger partial charge in [0.1, 0.15) is 11.6 Å². The van der Waals surface area contributed by atoms with E-state index in [4.69, 9.17) is 9.47 Å². The molecular formula is C19H32N4O6. The first kappa shape index (κ1) is 22.9. The molecular weight excluding hydrogens is 380 g/mol. The number of hydrogen-bond donors (Lipinski definition) is 1. The van der Waals surface area contributed by atoms with Crippen LogP contribution in [0.4, 0.5) is 4.79 Å². The van der Waals surface area contributed by atoms with Gasteiger partial charge in [0, 0.05) is 19.1 Å². The van der Waals surface area contributed by atoms with Gasteiger partial charge in [-0.2, -0.15) is 0 Å². The normalized spacial score (nSPS) is 25.2. The molecule has 0 bridgehead atoms. The van der Waals surface area contributed by atoms with E-state index in [2.05, 4.69) is 5.32 Å². The molecule has 3 amide bonds. The van der Waals surface area contributed by atoms with Crippen LogP contribution in [-0.4, -0.2) is 95.7 Å². The quantitative estimate of drug-likeness (QED) is 0.644. The average Bonchev–Trinajstić information content (AvgIpc) is 3.07. The second-order valence-electron chi connectivity index (χ2n) is 8.48. The van der Waals surface area contributed by atoms with Gasteiger partial charge in [-0.25, -0.2) is 9.59 Å². The Morgan fingerprint density at radius 3 is 2.48 bits per heavy atom. The first-order chi connectivity index (χ1) is 13.4. The van der Waals surface area contributed by atoms with Crippen molar-refractivity contribution in [3.8, 4) is 0 Å². The number of rotatable bonds is 2. The Morgan fingerprint density at radius 2 is 1.90 bits per heavy atom. The van der Waals surface area contributed by atoms with Crippen molar-refractivity contribution in [2.75, 3.05) is 33.4 Å². The maximum Gasteiger partial charge on any atom is 0.411 e. The van der Waals surface area contributed by atoms with Crippen LogP contribution >= 0.6 is 0 Å². The van der Waals surface area contributed by atoms with E-state index >= 15 is 0 Å². The Balaban J connectivity index is 2.20. The van der Waals surface area contributed by atoms with E-state index in [-0.39, 0.29) is 31.1 Å². The van der Waals surface area contributed by atoms with Crippen LogP contribution in [0.25, 0.3) is 0 Å². The van der Waals surface area contributed by atoms with Gasteiger partial charge in [-0.3, -0.25) is 19.4 Å². The molecule has 10 heteroatoms. The third kappa shape index (κ3) is 5.59. The summed E-state index contributed by atoms with van der Waals surface area (Å²) < 4.78 is 10.2. The van der Waals surface area contributed by atoms with Crippen molar-refractivity contribution >= 4 is 23.9 Å². The van der Waals surface area contributed by atoms with Gasteiger partial charge < -0.3 is 19.7 Å². The summed E-state index contributed by atoms with van der Waals surface area (Å²) in [6.45, 7) is 9.49. The minimum atomic E-state index is -0.766. The van der Waals surface area contributed by atoms with Crippen molar-refractivity contribution in [2.45, 2.75) is 64.8 Å². The molecule has 2 rings (SSSR count). The largest absolute Gasteiger partial charge is 0.467 e. The number of ether oxygens (including phenoxy) is 2. The zero-order valence-corrected chi connectivity index (χ0v) is 18.1. The van der Waals surface area contributed by atoms with Crippen molar-refractivity contribution in [2.24, 2.45) is 0 Å². The fraction of sp³-hybridized carbons (Fsp3) is 0.789. The minimum absolute atomic E-state index is 0.151. The highest BCUT2D eigenvalue weighted by Gasteiger charge is 2.41. The molecule has 3 atom stereocenters. The van der Waals surface area contributed by atoms with E-state index in [0.717, 1.165) is 0 Å². The molecule has 2 fully saturated rings. The zero-order valence-electron chi connectivity index (χ0n) is 18.1. The smallest absolute Gasteiger partial charge is 0.411 e. The number of hydrogen-bond acceptors (Lipinski definition) is 7. The molecule has 29 heavy (non-hydrogen) atoms. The summed E-state index contributed by atoms with van der Waals surface area (Å²) in [6.07, 6.45) is 0.0626. The number of amides is 3. The third-order valence-electron chi connectivity index (χ3n) is 5.21. The topological polar surface area (TPSA) is 108 Å². The Morgan fingerprint density at radius 1 is 1.24 bits per heavy atom. The lowest BCUT2D eigenvalue weighted by Crippen LogP contribution is -2.55. The van der Waals surface area contributed by atoms with E-state index in [1.165, 1.54) is 12.0 Å². The number of fused-ring (bicyclic) bond motifs is 1. The van der Waals surface area contributed by atoms with Gasteiger partial charge >= 0.3 is 12.1 Å². The molecule has 0 saturated carbocycles. The van der Waals surface area contributed by atoms with E-state index in [9.17, 15) is 19.2 Å². The van der Waals surface area contributed by atoms with Crippen molar-refractivity contribution < 1.29 is 28.7 Å². The highest BCUT2D eigenvalue weighted by atomic mass is 16.6. The highest BCUT2D eigenvalue weighted by molar-refractivity contribution is 5.89. The molecule has 2 heterocycles. The van der Waals surface area contributed by atoms with Gasteiger partial charge in [-0.05, 0) is 41.0 Å². The van der Waals surface area contributed by atoms with Crippen molar-refractivity contribution in [3.63, 3.8) is 0 Å². The average molecular weight is 412 g/mol. The molecule has 2 saturated heterocycles. The molecule has 1 unspecified atom stereocenters. The maximum atomic E-state index is 12.6. The molecule has 0 aromatic rings. The maximum absolute atomic E-state index is 12.6. The summed E-state index contributed by atoms with van der Waals surface area (Å²) in [4.78, 5) is 54.5. The number of carbonyl (C=O) groups is 4. The monoisotopic (exact) mass is 412 g/mol. The Labute approximate surface area is 171 Å². The van der Waals surface area contributed by atoms with Gasteiger partial charge in [0.05, 0.1) is 26.4 Å². The molecule has 0 aliphatic carbocycles. The first-order valence-electron chi connectivity index (χ1n) is 9.83. The molecule has 2 aliphatic heterocycles. The lowest BCUT2D eigenvalue weighted by atomic mass is 10.1. The first-order valence-corrected chi connectivity index (χ1v) is 9.83. The van der Waals surface area contributed by atoms with Crippen LogP contribution in [-0.2, 0) is 23.9 Å². The van der Waals surface area contributed by atoms with Crippen molar-refractivity contribution in [3.05, 3.63) is 0 Å². The molecule has 10 nitrogen and oxygen atoms in total. The van der Waals surface area contributed by atoms with Crippen molar-refractivity contribution in [1.29, 1.82) is 0 Å². The van der Waals surface area contributed by atoms with Crippen molar-refractivity contribution in [1.82, 2.24) is 20.0 Å². The SMILES string of the molecule is COC(=O)[C@H](C)N1CCC2CN(C(=O)OC(C)(C)C)CN2[C@@H](C)C(=O)NCC1=O. The molecule has 0 aromatic heterocycles. The lowest BCUT2D eigenvalue weighted by molar-refractivity contribution is -0.152. The Hall–Kier alpha value is -2.36. The predicted octanol–water partition coefficient (Wildman–Crippen LogP) is 0.164. The van der Waals surface area contributed by atoms with Crippen LogP contribution in [0.5, 0.6) is 0 Å². The molecule has 0 aromatic carbocycles. The number of methoxy groups -OCH3 is 1. The van der Waals surface area contributed by atoms with E-state index < -0.39 is 29.7 Å². The fourth-order valence-electron chi connectivity index (χ4n) is 3.57. The lowest BCUT2D eigenvalue weighted by Gasteiger charge is -2.34. The number of nitrogens with one attached hydrogen (secondary N) is 1. The summed E-state index contributed by atoms with van der Waals surface area (Å²) in [6, 6.07) is -1.43. The predicted molar refractivity (Wildman–Crippen MR) is 104 cm³/mol. The van der Waals surface area contributed by atoms with Gasteiger partial charge in [0.2, 0.25) is 11.8 Å². The molecule has 0 spiro atoms. The standard InChI is InChI=1S/C19H32N4O6/c1-12-16(25)20-9-15(24)22(13(2)17(26)28-6)8-7-14-10-21(11-23(12)14)18(27)29-19(3,4)5/h12-14H,7-11H2,1-6H3,(H,20,25)/t12-,13-,14?/m0/s1. The zero-order chi connectivity index (χ0) is 21.9. The summed E-state index contributed by atoms with van der Waals surface area (Å²) in [7, 11) is 1.27. The van der Waals surface area contributed by atoms with Crippen LogP contribution in [0, 0.1) is 0 Å². The number of carbonyl (C=O) groups excluding carboxylic acids is 4. The van der Waals surface area contributed by atoms with Crippen LogP contribution < -0.4 is 5.32 Å². The van der Waals surface area contributed by atoms with Gasteiger partial charge in [-0.15, -0.1) is 0 Å².